The van der Waals surface area contributed by atoms with Gasteiger partial charge in [-0.1, -0.05) is 48.0 Å². The maximum Gasteiger partial charge on any atom is 0.263 e. The van der Waals surface area contributed by atoms with Gasteiger partial charge in [-0.05, 0) is 25.5 Å². The topological polar surface area (TPSA) is 98.1 Å². The molecular formula is C20H21N3O4S2. The lowest BCUT2D eigenvalue weighted by molar-refractivity contribution is 0.507. The monoisotopic (exact) mass is 431 g/mol. The molecule has 2 aromatic carbocycles. The molecule has 0 amide bonds. The van der Waals surface area contributed by atoms with Gasteiger partial charge in [0.2, 0.25) is 0 Å². The van der Waals surface area contributed by atoms with Crippen molar-refractivity contribution >= 4 is 25.7 Å². The highest BCUT2D eigenvalue weighted by Gasteiger charge is 2.32. The molecule has 0 radical (unpaired) electrons. The van der Waals surface area contributed by atoms with E-state index < -0.39 is 25.9 Å². The lowest BCUT2D eigenvalue weighted by Gasteiger charge is -2.14. The average molecular weight is 432 g/mol. The molecule has 1 saturated heterocycles. The third kappa shape index (κ3) is 4.20. The quantitative estimate of drug-likeness (QED) is 0.670. The van der Waals surface area contributed by atoms with Crippen LogP contribution in [0.4, 0.5) is 5.82 Å². The van der Waals surface area contributed by atoms with Gasteiger partial charge in [0.25, 0.3) is 10.0 Å². The zero-order chi connectivity index (χ0) is 20.6. The number of hydrogen-bond donors (Lipinski definition) is 1. The Bertz CT molecular complexity index is 1230. The molecule has 9 heteroatoms. The maximum absolute atomic E-state index is 12.8. The zero-order valence-corrected chi connectivity index (χ0v) is 17.4. The summed E-state index contributed by atoms with van der Waals surface area (Å²) >= 11 is 0. The molecule has 152 valence electrons. The van der Waals surface area contributed by atoms with Gasteiger partial charge in [-0.3, -0.25) is 4.72 Å². The molecule has 1 N–H and O–H groups in total. The van der Waals surface area contributed by atoms with E-state index in [1.54, 1.807) is 24.3 Å². The smallest absolute Gasteiger partial charge is 0.263 e. The van der Waals surface area contributed by atoms with E-state index >= 15 is 0 Å². The molecule has 0 spiro atoms. The summed E-state index contributed by atoms with van der Waals surface area (Å²) in [4.78, 5) is 0.128. The van der Waals surface area contributed by atoms with E-state index in [2.05, 4.69) is 9.82 Å². The van der Waals surface area contributed by atoms with Gasteiger partial charge in [-0.15, -0.1) is 0 Å². The normalized spacial score (nSPS) is 18.6. The number of aromatic nitrogens is 2. The summed E-state index contributed by atoms with van der Waals surface area (Å²) < 4.78 is 53.7. The first kappa shape index (κ1) is 19.7. The third-order valence-electron chi connectivity index (χ3n) is 4.93. The molecule has 0 aliphatic carbocycles. The SMILES string of the molecule is Cc1ccc(-c2cc(NS(=O)(=O)c3ccccc3)n([C@@H]3CCS(=O)(=O)C3)n2)cc1. The van der Waals surface area contributed by atoms with Crippen molar-refractivity contribution in [3.63, 3.8) is 0 Å². The number of rotatable bonds is 5. The second-order valence-corrected chi connectivity index (χ2v) is 11.1. The number of nitrogens with one attached hydrogen (secondary N) is 1. The lowest BCUT2D eigenvalue weighted by Crippen LogP contribution is -2.19. The fraction of sp³-hybridized carbons (Fsp3) is 0.250. The van der Waals surface area contributed by atoms with Gasteiger partial charge in [0.05, 0.1) is 28.1 Å². The Balaban J connectivity index is 1.76. The summed E-state index contributed by atoms with van der Waals surface area (Å²) in [5.74, 6) is 0.274. The molecule has 2 heterocycles. The molecular weight excluding hydrogens is 410 g/mol. The fourth-order valence-electron chi connectivity index (χ4n) is 3.38. The highest BCUT2D eigenvalue weighted by atomic mass is 32.2. The molecule has 1 atom stereocenters. The summed E-state index contributed by atoms with van der Waals surface area (Å²) in [6.45, 7) is 1.98. The van der Waals surface area contributed by atoms with Gasteiger partial charge in [0.15, 0.2) is 9.84 Å². The van der Waals surface area contributed by atoms with Crippen LogP contribution in [0.5, 0.6) is 0 Å². The van der Waals surface area contributed by atoms with Gasteiger partial charge < -0.3 is 0 Å². The highest BCUT2D eigenvalue weighted by molar-refractivity contribution is 7.92. The van der Waals surface area contributed by atoms with Crippen LogP contribution in [0.3, 0.4) is 0 Å². The summed E-state index contributed by atoms with van der Waals surface area (Å²) in [6.07, 6.45) is 0.400. The van der Waals surface area contributed by atoms with Crippen molar-refractivity contribution in [2.45, 2.75) is 24.3 Å². The highest BCUT2D eigenvalue weighted by Crippen LogP contribution is 2.31. The van der Waals surface area contributed by atoms with Crippen molar-refractivity contribution in [2.75, 3.05) is 16.2 Å². The van der Waals surface area contributed by atoms with E-state index in [-0.39, 0.29) is 22.2 Å². The minimum absolute atomic E-state index is 0.0535. The van der Waals surface area contributed by atoms with Crippen LogP contribution in [-0.4, -0.2) is 38.1 Å². The van der Waals surface area contributed by atoms with Gasteiger partial charge in [-0.2, -0.15) is 5.10 Å². The van der Waals surface area contributed by atoms with Crippen LogP contribution < -0.4 is 4.72 Å². The Labute approximate surface area is 170 Å². The minimum Gasteiger partial charge on any atom is -0.264 e. The van der Waals surface area contributed by atoms with Crippen LogP contribution in [0.25, 0.3) is 11.3 Å². The molecule has 1 aromatic heterocycles. The molecule has 1 aliphatic heterocycles. The zero-order valence-electron chi connectivity index (χ0n) is 15.8. The van der Waals surface area contributed by atoms with E-state index in [4.69, 9.17) is 0 Å². The maximum atomic E-state index is 12.8. The van der Waals surface area contributed by atoms with Gasteiger partial charge in [-0.25, -0.2) is 21.5 Å². The predicted octanol–water partition coefficient (Wildman–Crippen LogP) is 3.02. The van der Waals surface area contributed by atoms with Crippen molar-refractivity contribution in [2.24, 2.45) is 0 Å². The summed E-state index contributed by atoms with van der Waals surface area (Å²) in [5.41, 5.74) is 2.51. The molecule has 1 aliphatic rings. The van der Waals surface area contributed by atoms with Crippen molar-refractivity contribution in [3.05, 3.63) is 66.2 Å². The Morgan fingerprint density at radius 1 is 1.07 bits per heavy atom. The van der Waals surface area contributed by atoms with Crippen LogP contribution in [0.15, 0.2) is 65.6 Å². The van der Waals surface area contributed by atoms with Crippen molar-refractivity contribution in [1.29, 1.82) is 0 Å². The van der Waals surface area contributed by atoms with Crippen LogP contribution >= 0.6 is 0 Å². The summed E-state index contributed by atoms with van der Waals surface area (Å²) in [6, 6.07) is 17.0. The number of hydrogen-bond acceptors (Lipinski definition) is 5. The number of anilines is 1. The Hall–Kier alpha value is -2.65. The van der Waals surface area contributed by atoms with Crippen molar-refractivity contribution in [1.82, 2.24) is 9.78 Å². The Morgan fingerprint density at radius 3 is 2.38 bits per heavy atom. The molecule has 29 heavy (non-hydrogen) atoms. The van der Waals surface area contributed by atoms with Gasteiger partial charge in [0, 0.05) is 11.6 Å². The van der Waals surface area contributed by atoms with Crippen LogP contribution in [-0.2, 0) is 19.9 Å². The minimum atomic E-state index is -3.83. The molecule has 0 bridgehead atoms. The van der Waals surface area contributed by atoms with E-state index in [1.807, 2.05) is 31.2 Å². The van der Waals surface area contributed by atoms with E-state index in [9.17, 15) is 16.8 Å². The molecule has 7 nitrogen and oxygen atoms in total. The van der Waals surface area contributed by atoms with Gasteiger partial charge >= 0.3 is 0 Å². The van der Waals surface area contributed by atoms with E-state index in [0.29, 0.717) is 12.1 Å². The lowest BCUT2D eigenvalue weighted by atomic mass is 10.1. The van der Waals surface area contributed by atoms with E-state index in [0.717, 1.165) is 11.1 Å². The molecule has 1 fully saturated rings. The van der Waals surface area contributed by atoms with E-state index in [1.165, 1.54) is 16.8 Å². The Morgan fingerprint density at radius 2 is 1.76 bits per heavy atom. The van der Waals surface area contributed by atoms with Crippen molar-refractivity contribution in [3.8, 4) is 11.3 Å². The largest absolute Gasteiger partial charge is 0.264 e. The first-order valence-corrected chi connectivity index (χ1v) is 12.5. The van der Waals surface area contributed by atoms with Crippen LogP contribution in [0, 0.1) is 6.92 Å². The van der Waals surface area contributed by atoms with Crippen LogP contribution in [0.2, 0.25) is 0 Å². The summed E-state index contributed by atoms with van der Waals surface area (Å²) in [5, 5.41) is 4.56. The molecule has 3 aromatic rings. The fourth-order valence-corrected chi connectivity index (χ4v) is 6.13. The molecule has 4 rings (SSSR count). The molecule has 0 unspecified atom stereocenters. The first-order chi connectivity index (χ1) is 13.7. The first-order valence-electron chi connectivity index (χ1n) is 9.18. The Kier molecular flexibility index (Phi) is 4.95. The number of benzene rings is 2. The standard InChI is InChI=1S/C20H21N3O4S2/c1-15-7-9-16(10-8-15)19-13-20(22-29(26,27)18-5-3-2-4-6-18)23(21-19)17-11-12-28(24,25)14-17/h2-10,13,17,22H,11-12,14H2,1H3/t17-/m1/s1. The number of sulfone groups is 1. The average Bonchev–Trinajstić information content (AvgIpc) is 3.25. The third-order valence-corrected chi connectivity index (χ3v) is 8.05. The second-order valence-electron chi connectivity index (χ2n) is 7.20. The number of sulfonamides is 1. The van der Waals surface area contributed by atoms with Crippen LogP contribution in [0.1, 0.15) is 18.0 Å². The summed E-state index contributed by atoms with van der Waals surface area (Å²) in [7, 11) is -6.99. The number of nitrogens with zero attached hydrogens (tertiary/aromatic N) is 2. The van der Waals surface area contributed by atoms with Gasteiger partial charge in [0.1, 0.15) is 5.82 Å². The predicted molar refractivity (Wildman–Crippen MR) is 112 cm³/mol. The second kappa shape index (κ2) is 7.31. The van der Waals surface area contributed by atoms with Crippen molar-refractivity contribution < 1.29 is 16.8 Å². The molecule has 0 saturated carbocycles. The number of aryl methyl sites for hydroxylation is 1.